The van der Waals surface area contributed by atoms with Crippen molar-refractivity contribution in [1.82, 2.24) is 9.97 Å². The monoisotopic (exact) mass is 308 g/mol. The van der Waals surface area contributed by atoms with Gasteiger partial charge in [-0.25, -0.2) is 15.8 Å². The Labute approximate surface area is 125 Å². The summed E-state index contributed by atoms with van der Waals surface area (Å²) < 4.78 is 0. The fourth-order valence-electron chi connectivity index (χ4n) is 1.86. The average Bonchev–Trinajstić information content (AvgIpc) is 2.48. The van der Waals surface area contributed by atoms with Crippen molar-refractivity contribution in [2.75, 3.05) is 17.4 Å². The van der Waals surface area contributed by atoms with E-state index in [1.54, 1.807) is 24.1 Å². The largest absolute Gasteiger partial charge is 0.354 e. The minimum absolute atomic E-state index is 0.0343. The van der Waals surface area contributed by atoms with Gasteiger partial charge in [0.2, 0.25) is 11.6 Å². The minimum atomic E-state index is -0.567. The zero-order chi connectivity index (χ0) is 15.4. The normalized spacial score (nSPS) is 10.2. The highest BCUT2D eigenvalue weighted by molar-refractivity contribution is 6.30. The summed E-state index contributed by atoms with van der Waals surface area (Å²) >= 11 is 5.83. The van der Waals surface area contributed by atoms with Crippen LogP contribution in [0.2, 0.25) is 5.02 Å². The fraction of sp³-hybridized carbons (Fsp3) is 0.167. The molecule has 0 aliphatic rings. The van der Waals surface area contributed by atoms with E-state index in [0.29, 0.717) is 11.6 Å². The van der Waals surface area contributed by atoms with E-state index in [1.807, 2.05) is 12.1 Å². The molecule has 0 saturated carbocycles. The van der Waals surface area contributed by atoms with Gasteiger partial charge in [-0.05, 0) is 17.7 Å². The molecule has 0 aliphatic heterocycles. The first kappa shape index (κ1) is 14.9. The molecule has 1 heterocycles. The second kappa shape index (κ2) is 6.33. The van der Waals surface area contributed by atoms with Crippen LogP contribution >= 0.6 is 11.6 Å². The van der Waals surface area contributed by atoms with Gasteiger partial charge in [-0.15, -0.1) is 0 Å². The Balaban J connectivity index is 2.32. The SMILES string of the molecule is CN(Cc1ccc(Cl)cc1)c1ncnc(NN)c1[N+](=O)[O-]. The number of nitrogens with zero attached hydrogens (tertiary/aromatic N) is 4. The summed E-state index contributed by atoms with van der Waals surface area (Å²) in [6, 6.07) is 7.19. The van der Waals surface area contributed by atoms with E-state index in [0.717, 1.165) is 5.56 Å². The van der Waals surface area contributed by atoms with Gasteiger partial charge in [0.25, 0.3) is 0 Å². The summed E-state index contributed by atoms with van der Waals surface area (Å²) in [5, 5.41) is 11.8. The highest BCUT2D eigenvalue weighted by Gasteiger charge is 2.25. The van der Waals surface area contributed by atoms with E-state index in [2.05, 4.69) is 15.4 Å². The number of anilines is 2. The molecular formula is C12H13ClN6O2. The molecule has 1 aromatic heterocycles. The number of halogens is 1. The summed E-state index contributed by atoms with van der Waals surface area (Å²) in [5.41, 5.74) is 2.88. The van der Waals surface area contributed by atoms with Crippen molar-refractivity contribution in [3.05, 3.63) is 51.3 Å². The lowest BCUT2D eigenvalue weighted by atomic mass is 10.2. The molecule has 2 aromatic rings. The predicted molar refractivity (Wildman–Crippen MR) is 80.1 cm³/mol. The summed E-state index contributed by atoms with van der Waals surface area (Å²) in [6.07, 6.45) is 1.22. The molecule has 3 N–H and O–H groups in total. The van der Waals surface area contributed by atoms with Crippen LogP contribution in [0.3, 0.4) is 0 Å². The van der Waals surface area contributed by atoms with Gasteiger partial charge in [0.1, 0.15) is 6.33 Å². The lowest BCUT2D eigenvalue weighted by Gasteiger charge is -2.18. The first-order chi connectivity index (χ1) is 10.0. The molecule has 0 fully saturated rings. The maximum Gasteiger partial charge on any atom is 0.354 e. The Bertz CT molecular complexity index is 649. The molecule has 0 unspecified atom stereocenters. The number of aromatic nitrogens is 2. The number of nitrogen functional groups attached to an aromatic ring is 1. The third kappa shape index (κ3) is 3.36. The number of hydrogen-bond donors (Lipinski definition) is 2. The molecule has 0 radical (unpaired) electrons. The molecule has 0 bridgehead atoms. The van der Waals surface area contributed by atoms with Crippen LogP contribution in [-0.2, 0) is 6.54 Å². The van der Waals surface area contributed by atoms with Crippen LogP contribution in [0.25, 0.3) is 0 Å². The van der Waals surface area contributed by atoms with E-state index < -0.39 is 4.92 Å². The number of nitro groups is 1. The summed E-state index contributed by atoms with van der Waals surface area (Å²) in [4.78, 5) is 20.0. The second-order valence-electron chi connectivity index (χ2n) is 4.28. The lowest BCUT2D eigenvalue weighted by molar-refractivity contribution is -0.383. The van der Waals surface area contributed by atoms with Crippen LogP contribution in [0, 0.1) is 10.1 Å². The molecule has 0 amide bonds. The van der Waals surface area contributed by atoms with Gasteiger partial charge >= 0.3 is 5.69 Å². The number of hydrogen-bond acceptors (Lipinski definition) is 7. The highest BCUT2D eigenvalue weighted by Crippen LogP contribution is 2.31. The topological polar surface area (TPSA) is 110 Å². The van der Waals surface area contributed by atoms with Crippen LogP contribution in [0.4, 0.5) is 17.3 Å². The van der Waals surface area contributed by atoms with Crippen LogP contribution in [0.5, 0.6) is 0 Å². The van der Waals surface area contributed by atoms with Crippen molar-refractivity contribution < 1.29 is 4.92 Å². The molecule has 21 heavy (non-hydrogen) atoms. The fourth-order valence-corrected chi connectivity index (χ4v) is 1.99. The molecule has 2 rings (SSSR count). The molecule has 8 nitrogen and oxygen atoms in total. The third-order valence-corrected chi connectivity index (χ3v) is 3.07. The number of benzene rings is 1. The van der Waals surface area contributed by atoms with Gasteiger partial charge in [0, 0.05) is 18.6 Å². The summed E-state index contributed by atoms with van der Waals surface area (Å²) in [6.45, 7) is 0.430. The minimum Gasteiger partial charge on any atom is -0.349 e. The van der Waals surface area contributed by atoms with Gasteiger partial charge < -0.3 is 10.3 Å². The first-order valence-electron chi connectivity index (χ1n) is 5.94. The van der Waals surface area contributed by atoms with Crippen molar-refractivity contribution in [3.63, 3.8) is 0 Å². The standard InChI is InChI=1S/C12H13ClN6O2/c1-18(6-8-2-4-9(13)5-3-8)12-10(19(20)21)11(17-14)15-7-16-12/h2-5,7H,6,14H2,1H3,(H,15,16,17). The van der Waals surface area contributed by atoms with E-state index in [1.165, 1.54) is 6.33 Å². The maximum absolute atomic E-state index is 11.2. The third-order valence-electron chi connectivity index (χ3n) is 2.82. The molecule has 0 atom stereocenters. The van der Waals surface area contributed by atoms with Gasteiger partial charge in [-0.2, -0.15) is 0 Å². The van der Waals surface area contributed by atoms with Crippen LogP contribution in [0.1, 0.15) is 5.56 Å². The number of hydrazine groups is 1. The van der Waals surface area contributed by atoms with E-state index >= 15 is 0 Å². The molecule has 9 heteroatoms. The first-order valence-corrected chi connectivity index (χ1v) is 6.32. The number of nitrogens with two attached hydrogens (primary N) is 1. The Morgan fingerprint density at radius 3 is 2.62 bits per heavy atom. The van der Waals surface area contributed by atoms with E-state index in [-0.39, 0.29) is 17.3 Å². The van der Waals surface area contributed by atoms with Crippen molar-refractivity contribution >= 4 is 28.9 Å². The lowest BCUT2D eigenvalue weighted by Crippen LogP contribution is -2.21. The molecule has 0 saturated heterocycles. The smallest absolute Gasteiger partial charge is 0.349 e. The molecule has 110 valence electrons. The average molecular weight is 309 g/mol. The van der Waals surface area contributed by atoms with Crippen molar-refractivity contribution in [2.45, 2.75) is 6.54 Å². The van der Waals surface area contributed by atoms with Gasteiger partial charge in [0.15, 0.2) is 0 Å². The molecule has 1 aromatic carbocycles. The molecule has 0 spiro atoms. The molecular weight excluding hydrogens is 296 g/mol. The van der Waals surface area contributed by atoms with Crippen LogP contribution in [0.15, 0.2) is 30.6 Å². The summed E-state index contributed by atoms with van der Waals surface area (Å²) in [5.74, 6) is 5.39. The highest BCUT2D eigenvalue weighted by atomic mass is 35.5. The van der Waals surface area contributed by atoms with E-state index in [9.17, 15) is 10.1 Å². The van der Waals surface area contributed by atoms with E-state index in [4.69, 9.17) is 17.4 Å². The van der Waals surface area contributed by atoms with Gasteiger partial charge in [-0.3, -0.25) is 10.1 Å². The molecule has 0 aliphatic carbocycles. The van der Waals surface area contributed by atoms with Gasteiger partial charge in [-0.1, -0.05) is 23.7 Å². The Kier molecular flexibility index (Phi) is 4.51. The predicted octanol–water partition coefficient (Wildman–Crippen LogP) is 1.96. The Morgan fingerprint density at radius 1 is 1.38 bits per heavy atom. The summed E-state index contributed by atoms with van der Waals surface area (Å²) in [7, 11) is 1.70. The number of rotatable bonds is 5. The van der Waals surface area contributed by atoms with Crippen LogP contribution in [-0.4, -0.2) is 21.9 Å². The zero-order valence-corrected chi connectivity index (χ0v) is 11.9. The van der Waals surface area contributed by atoms with Gasteiger partial charge in [0.05, 0.1) is 4.92 Å². The zero-order valence-electron chi connectivity index (χ0n) is 11.2. The maximum atomic E-state index is 11.2. The number of nitrogens with one attached hydrogen (secondary N) is 1. The van der Waals surface area contributed by atoms with Crippen molar-refractivity contribution in [1.29, 1.82) is 0 Å². The Hall–Kier alpha value is -2.45. The van der Waals surface area contributed by atoms with Crippen molar-refractivity contribution in [2.24, 2.45) is 5.84 Å². The second-order valence-corrected chi connectivity index (χ2v) is 4.71. The quantitative estimate of drug-likeness (QED) is 0.493. The van der Waals surface area contributed by atoms with Crippen molar-refractivity contribution in [3.8, 4) is 0 Å². The Morgan fingerprint density at radius 2 is 2.05 bits per heavy atom. The van der Waals surface area contributed by atoms with Crippen LogP contribution < -0.4 is 16.2 Å².